The first-order valence-electron chi connectivity index (χ1n) is 10.4. The van der Waals surface area contributed by atoms with Crippen LogP contribution >= 0.6 is 0 Å². The molecule has 1 aromatic heterocycles. The minimum Gasteiger partial charge on any atom is -0.332 e. The van der Waals surface area contributed by atoms with Gasteiger partial charge in [-0.2, -0.15) is 23.3 Å². The molecular formula is C25H16F7N3O. The predicted molar refractivity (Wildman–Crippen MR) is 120 cm³/mol. The number of aryl methyl sites for hydroxylation is 1. The fourth-order valence-electron chi connectivity index (χ4n) is 4.25. The molecule has 0 N–H and O–H groups in total. The average Bonchev–Trinajstić information content (AvgIpc) is 3.21. The number of benzene rings is 2. The second-order valence-corrected chi connectivity index (χ2v) is 8.10. The first-order valence-corrected chi connectivity index (χ1v) is 10.4. The Hall–Kier alpha value is -4.07. The Morgan fingerprint density at radius 1 is 1.03 bits per heavy atom. The van der Waals surface area contributed by atoms with E-state index in [1.807, 2.05) is 17.6 Å². The van der Waals surface area contributed by atoms with Crippen LogP contribution in [0, 0.1) is 49.5 Å². The molecule has 0 aliphatic carbocycles. The van der Waals surface area contributed by atoms with Gasteiger partial charge in [0.25, 0.3) is 5.91 Å². The number of alkyl halides is 3. The summed E-state index contributed by atoms with van der Waals surface area (Å²) in [5.74, 6) is -8.80. The molecule has 0 bridgehead atoms. The maximum Gasteiger partial charge on any atom is 0.422 e. The van der Waals surface area contributed by atoms with Crippen molar-refractivity contribution in [3.63, 3.8) is 0 Å². The Labute approximate surface area is 200 Å². The van der Waals surface area contributed by atoms with Crippen LogP contribution in [0.2, 0.25) is 0 Å². The molecule has 0 saturated heterocycles. The summed E-state index contributed by atoms with van der Waals surface area (Å²) >= 11 is 0. The summed E-state index contributed by atoms with van der Waals surface area (Å²) in [5, 5.41) is 4.40. The number of terminal acetylenes is 1. The number of aromatic nitrogens is 1. The van der Waals surface area contributed by atoms with Crippen LogP contribution in [0.15, 0.2) is 28.9 Å². The summed E-state index contributed by atoms with van der Waals surface area (Å²) in [6.07, 6.45) is 1.17. The minimum atomic E-state index is -5.71. The highest BCUT2D eigenvalue weighted by Gasteiger charge is 2.45. The van der Waals surface area contributed by atoms with Crippen molar-refractivity contribution in [1.82, 2.24) is 4.57 Å². The first-order chi connectivity index (χ1) is 16.8. The summed E-state index contributed by atoms with van der Waals surface area (Å²) in [6.45, 7) is 5.12. The van der Waals surface area contributed by atoms with E-state index in [9.17, 15) is 35.5 Å². The summed E-state index contributed by atoms with van der Waals surface area (Å²) in [6, 6.07) is 5.42. The Morgan fingerprint density at radius 2 is 1.64 bits per heavy atom. The maximum atomic E-state index is 14.6. The van der Waals surface area contributed by atoms with Gasteiger partial charge in [0, 0.05) is 16.6 Å². The molecule has 0 fully saturated rings. The summed E-state index contributed by atoms with van der Waals surface area (Å²) in [4.78, 5) is 13.1. The SMILES string of the molecule is C#CCn1c(C)c(/C=C2/C(=O)N(c3c(F)c(F)c(C(F)(F)F)c(F)c3F)N=C2C)c2cccc(C)c21. The molecule has 4 nitrogen and oxygen atoms in total. The number of carbonyl (C=O) groups is 1. The third-order valence-electron chi connectivity index (χ3n) is 5.93. The monoisotopic (exact) mass is 507 g/mol. The van der Waals surface area contributed by atoms with Crippen molar-refractivity contribution in [1.29, 1.82) is 0 Å². The fourth-order valence-corrected chi connectivity index (χ4v) is 4.25. The molecule has 2 aromatic carbocycles. The summed E-state index contributed by atoms with van der Waals surface area (Å²) in [7, 11) is 0. The van der Waals surface area contributed by atoms with Crippen molar-refractivity contribution in [3.8, 4) is 12.3 Å². The van der Waals surface area contributed by atoms with E-state index in [-0.39, 0.29) is 22.8 Å². The first kappa shape index (κ1) is 25.0. The average molecular weight is 507 g/mol. The van der Waals surface area contributed by atoms with Crippen molar-refractivity contribution in [2.75, 3.05) is 5.01 Å². The van der Waals surface area contributed by atoms with Gasteiger partial charge in [0.2, 0.25) is 0 Å². The Morgan fingerprint density at radius 3 is 2.19 bits per heavy atom. The van der Waals surface area contributed by atoms with Crippen molar-refractivity contribution in [2.24, 2.45) is 5.10 Å². The molecule has 1 amide bonds. The zero-order chi connectivity index (χ0) is 26.7. The number of fused-ring (bicyclic) bond motifs is 1. The number of hydrogen-bond acceptors (Lipinski definition) is 2. The molecule has 2 heterocycles. The van der Waals surface area contributed by atoms with Crippen molar-refractivity contribution in [3.05, 3.63) is 69.4 Å². The molecule has 1 aliphatic rings. The molecule has 0 atom stereocenters. The van der Waals surface area contributed by atoms with Crippen LogP contribution in [0.1, 0.15) is 29.3 Å². The highest BCUT2D eigenvalue weighted by Crippen LogP contribution is 2.41. The number of halogens is 7. The molecular weight excluding hydrogens is 491 g/mol. The van der Waals surface area contributed by atoms with E-state index in [4.69, 9.17) is 6.42 Å². The van der Waals surface area contributed by atoms with Crippen LogP contribution in [0.25, 0.3) is 17.0 Å². The van der Waals surface area contributed by atoms with Crippen molar-refractivity contribution >= 4 is 34.3 Å². The lowest BCUT2D eigenvalue weighted by Gasteiger charge is -2.18. The van der Waals surface area contributed by atoms with Gasteiger partial charge in [0.15, 0.2) is 23.3 Å². The van der Waals surface area contributed by atoms with Gasteiger partial charge >= 0.3 is 6.18 Å². The third kappa shape index (κ3) is 3.64. The Kier molecular flexibility index (Phi) is 5.95. The van der Waals surface area contributed by atoms with Crippen LogP contribution in [-0.4, -0.2) is 16.2 Å². The Balaban J connectivity index is 1.89. The topological polar surface area (TPSA) is 37.6 Å². The van der Waals surface area contributed by atoms with E-state index in [0.717, 1.165) is 11.1 Å². The number of nitrogens with zero attached hydrogens (tertiary/aromatic N) is 3. The van der Waals surface area contributed by atoms with Gasteiger partial charge in [-0.05, 0) is 32.4 Å². The van der Waals surface area contributed by atoms with Gasteiger partial charge in [0.1, 0.15) is 11.3 Å². The highest BCUT2D eigenvalue weighted by atomic mass is 19.4. The maximum absolute atomic E-state index is 14.6. The standard InChI is InChI=1S/C25H16F7N3O/c1-5-9-34-13(4)16(14-8-6-7-11(2)22(14)34)10-15-12(3)33-35(24(15)36)23-20(28)18(26)17(25(30,31)32)19(27)21(23)29/h1,6-8,10H,9H2,2-4H3/b15-10+. The van der Waals surface area contributed by atoms with E-state index in [2.05, 4.69) is 11.0 Å². The van der Waals surface area contributed by atoms with Crippen LogP contribution in [-0.2, 0) is 17.5 Å². The largest absolute Gasteiger partial charge is 0.422 e. The third-order valence-corrected chi connectivity index (χ3v) is 5.93. The predicted octanol–water partition coefficient (Wildman–Crippen LogP) is 6.27. The molecule has 186 valence electrons. The van der Waals surface area contributed by atoms with Gasteiger partial charge in [-0.1, -0.05) is 24.1 Å². The highest BCUT2D eigenvalue weighted by molar-refractivity contribution is 6.32. The van der Waals surface area contributed by atoms with Gasteiger partial charge in [-0.15, -0.1) is 6.42 Å². The fraction of sp³-hybridized carbons (Fsp3) is 0.200. The van der Waals surface area contributed by atoms with E-state index < -0.39 is 46.6 Å². The lowest BCUT2D eigenvalue weighted by atomic mass is 10.0. The van der Waals surface area contributed by atoms with Gasteiger partial charge in [0.05, 0.1) is 23.3 Å². The smallest absolute Gasteiger partial charge is 0.332 e. The van der Waals surface area contributed by atoms with Crippen molar-refractivity contribution in [2.45, 2.75) is 33.5 Å². The lowest BCUT2D eigenvalue weighted by Crippen LogP contribution is -2.26. The molecule has 4 rings (SSSR count). The zero-order valence-electron chi connectivity index (χ0n) is 19.0. The lowest BCUT2D eigenvalue weighted by molar-refractivity contribution is -0.143. The number of carbonyl (C=O) groups excluding carboxylic acids is 1. The van der Waals surface area contributed by atoms with Crippen molar-refractivity contribution < 1.29 is 35.5 Å². The molecule has 3 aromatic rings. The molecule has 11 heteroatoms. The van der Waals surface area contributed by atoms with E-state index in [0.29, 0.717) is 16.6 Å². The van der Waals surface area contributed by atoms with E-state index in [1.165, 1.54) is 13.0 Å². The van der Waals surface area contributed by atoms with Crippen LogP contribution in [0.5, 0.6) is 0 Å². The number of rotatable bonds is 3. The van der Waals surface area contributed by atoms with Crippen LogP contribution in [0.3, 0.4) is 0 Å². The minimum absolute atomic E-state index is 0.0132. The number of anilines is 1. The number of hydrogen-bond donors (Lipinski definition) is 0. The molecule has 1 aliphatic heterocycles. The number of para-hydroxylation sites is 1. The van der Waals surface area contributed by atoms with Gasteiger partial charge in [-0.3, -0.25) is 4.79 Å². The molecule has 0 unspecified atom stereocenters. The van der Waals surface area contributed by atoms with E-state index >= 15 is 0 Å². The quantitative estimate of drug-likeness (QED) is 0.178. The molecule has 0 saturated carbocycles. The van der Waals surface area contributed by atoms with Crippen LogP contribution in [0.4, 0.5) is 36.4 Å². The number of hydrazone groups is 1. The van der Waals surface area contributed by atoms with Crippen LogP contribution < -0.4 is 5.01 Å². The molecule has 36 heavy (non-hydrogen) atoms. The molecule has 0 spiro atoms. The number of amides is 1. The van der Waals surface area contributed by atoms with Gasteiger partial charge in [-0.25, -0.2) is 17.6 Å². The second-order valence-electron chi connectivity index (χ2n) is 8.10. The van der Waals surface area contributed by atoms with Gasteiger partial charge < -0.3 is 4.57 Å². The normalized spacial score (nSPS) is 15.2. The summed E-state index contributed by atoms with van der Waals surface area (Å²) in [5.41, 5.74) is -1.81. The zero-order valence-corrected chi connectivity index (χ0v) is 19.0. The Bertz CT molecular complexity index is 1530. The summed E-state index contributed by atoms with van der Waals surface area (Å²) < 4.78 is 98.0. The second kappa shape index (κ2) is 8.55. The van der Waals surface area contributed by atoms with E-state index in [1.54, 1.807) is 19.1 Å². The molecule has 0 radical (unpaired) electrons.